The highest BCUT2D eigenvalue weighted by atomic mass is 32.2. The molecule has 0 bridgehead atoms. The zero-order valence-electron chi connectivity index (χ0n) is 12.2. The van der Waals surface area contributed by atoms with Gasteiger partial charge in [0.15, 0.2) is 11.6 Å². The van der Waals surface area contributed by atoms with Gasteiger partial charge < -0.3 is 4.74 Å². The molecule has 0 aliphatic rings. The fourth-order valence-electron chi connectivity index (χ4n) is 1.54. The Morgan fingerprint density at radius 3 is 2.59 bits per heavy atom. The van der Waals surface area contributed by atoms with Gasteiger partial charge in [0, 0.05) is 0 Å². The third-order valence-electron chi connectivity index (χ3n) is 2.84. The number of aromatic nitrogens is 2. The predicted molar refractivity (Wildman–Crippen MR) is 80.6 cm³/mol. The number of benzene rings is 1. The van der Waals surface area contributed by atoms with Crippen LogP contribution in [0.25, 0.3) is 0 Å². The SMILES string of the molecule is CCS(=O)(=O)Nc1nc(OCc2ccc(C)cc2)ncc1F. The van der Waals surface area contributed by atoms with Gasteiger partial charge in [-0.05, 0) is 19.4 Å². The van der Waals surface area contributed by atoms with E-state index in [2.05, 4.69) is 9.97 Å². The number of hydrogen-bond acceptors (Lipinski definition) is 5. The molecule has 0 spiro atoms. The summed E-state index contributed by atoms with van der Waals surface area (Å²) in [6.07, 6.45) is 0.866. The number of nitrogens with zero attached hydrogens (tertiary/aromatic N) is 2. The number of nitrogens with one attached hydrogen (secondary N) is 1. The molecule has 0 aliphatic heterocycles. The van der Waals surface area contributed by atoms with Crippen molar-refractivity contribution in [3.63, 3.8) is 0 Å². The molecule has 0 saturated carbocycles. The van der Waals surface area contributed by atoms with Crippen LogP contribution in [0.15, 0.2) is 30.5 Å². The molecule has 1 N–H and O–H groups in total. The highest BCUT2D eigenvalue weighted by Crippen LogP contribution is 2.16. The molecule has 2 aromatic rings. The van der Waals surface area contributed by atoms with Gasteiger partial charge in [-0.3, -0.25) is 4.72 Å². The summed E-state index contributed by atoms with van der Waals surface area (Å²) in [6, 6.07) is 7.55. The number of ether oxygens (including phenoxy) is 1. The molecular formula is C14H16FN3O3S. The third kappa shape index (κ3) is 4.39. The highest BCUT2D eigenvalue weighted by Gasteiger charge is 2.14. The van der Waals surface area contributed by atoms with Crippen LogP contribution in [0.5, 0.6) is 6.01 Å². The Morgan fingerprint density at radius 2 is 1.95 bits per heavy atom. The average molecular weight is 325 g/mol. The van der Waals surface area contributed by atoms with Crippen molar-refractivity contribution in [3.8, 4) is 6.01 Å². The first kappa shape index (κ1) is 16.2. The number of anilines is 1. The van der Waals surface area contributed by atoms with Crippen LogP contribution < -0.4 is 9.46 Å². The topological polar surface area (TPSA) is 81.2 Å². The first-order valence-corrected chi connectivity index (χ1v) is 8.26. The minimum Gasteiger partial charge on any atom is -0.459 e. The standard InChI is InChI=1S/C14H16FN3O3S/c1-3-22(19,20)18-13-12(15)8-16-14(17-13)21-9-11-6-4-10(2)5-7-11/h4-8H,3,9H2,1-2H3,(H,16,17,18). The summed E-state index contributed by atoms with van der Waals surface area (Å²) in [6.45, 7) is 3.61. The molecule has 0 amide bonds. The summed E-state index contributed by atoms with van der Waals surface area (Å²) in [5.74, 6) is -1.47. The first-order chi connectivity index (χ1) is 10.4. The number of hydrogen-bond donors (Lipinski definition) is 1. The summed E-state index contributed by atoms with van der Waals surface area (Å²) in [4.78, 5) is 7.42. The van der Waals surface area contributed by atoms with Gasteiger partial charge in [-0.25, -0.2) is 17.8 Å². The molecule has 0 radical (unpaired) electrons. The van der Waals surface area contributed by atoms with Crippen LogP contribution in [0.2, 0.25) is 0 Å². The first-order valence-electron chi connectivity index (χ1n) is 6.61. The van der Waals surface area contributed by atoms with Crippen LogP contribution in [0.3, 0.4) is 0 Å². The van der Waals surface area contributed by atoms with Gasteiger partial charge in [0.2, 0.25) is 10.0 Å². The fourth-order valence-corrected chi connectivity index (χ4v) is 2.13. The van der Waals surface area contributed by atoms with E-state index in [1.54, 1.807) is 0 Å². The predicted octanol–water partition coefficient (Wildman–Crippen LogP) is 2.26. The van der Waals surface area contributed by atoms with E-state index in [1.807, 2.05) is 35.9 Å². The van der Waals surface area contributed by atoms with Crippen LogP contribution in [-0.4, -0.2) is 24.1 Å². The van der Waals surface area contributed by atoms with Gasteiger partial charge in [-0.1, -0.05) is 29.8 Å². The molecule has 0 saturated heterocycles. The van der Waals surface area contributed by atoms with Crippen molar-refractivity contribution in [1.29, 1.82) is 0 Å². The molecule has 118 valence electrons. The van der Waals surface area contributed by atoms with Crippen LogP contribution >= 0.6 is 0 Å². The Balaban J connectivity index is 2.10. The smallest absolute Gasteiger partial charge is 0.318 e. The molecule has 2 rings (SSSR count). The van der Waals surface area contributed by atoms with E-state index in [0.717, 1.165) is 17.3 Å². The van der Waals surface area contributed by atoms with Crippen molar-refractivity contribution in [2.75, 3.05) is 10.5 Å². The highest BCUT2D eigenvalue weighted by molar-refractivity contribution is 7.92. The second-order valence-electron chi connectivity index (χ2n) is 4.63. The van der Waals surface area contributed by atoms with Gasteiger partial charge in [0.1, 0.15) is 6.61 Å². The van der Waals surface area contributed by atoms with Gasteiger partial charge in [-0.15, -0.1) is 0 Å². The van der Waals surface area contributed by atoms with Crippen LogP contribution in [0.1, 0.15) is 18.1 Å². The minimum atomic E-state index is -3.62. The number of sulfonamides is 1. The second-order valence-corrected chi connectivity index (χ2v) is 6.64. The van der Waals surface area contributed by atoms with Crippen molar-refractivity contribution in [3.05, 3.63) is 47.4 Å². The molecule has 1 aromatic carbocycles. The van der Waals surface area contributed by atoms with Crippen molar-refractivity contribution in [2.24, 2.45) is 0 Å². The lowest BCUT2D eigenvalue weighted by Gasteiger charge is -2.08. The monoisotopic (exact) mass is 325 g/mol. The maximum atomic E-state index is 13.5. The molecule has 0 unspecified atom stereocenters. The fraction of sp³-hybridized carbons (Fsp3) is 0.286. The van der Waals surface area contributed by atoms with Crippen LogP contribution in [-0.2, 0) is 16.6 Å². The van der Waals surface area contributed by atoms with E-state index >= 15 is 0 Å². The number of halogens is 1. The van der Waals surface area contributed by atoms with Crippen LogP contribution in [0.4, 0.5) is 10.2 Å². The van der Waals surface area contributed by atoms with E-state index < -0.39 is 21.7 Å². The Bertz CT molecular complexity index is 748. The Morgan fingerprint density at radius 1 is 1.27 bits per heavy atom. The normalized spacial score (nSPS) is 11.2. The summed E-state index contributed by atoms with van der Waals surface area (Å²) in [5.41, 5.74) is 2.02. The zero-order valence-corrected chi connectivity index (χ0v) is 13.0. The molecule has 0 aliphatic carbocycles. The summed E-state index contributed by atoms with van der Waals surface area (Å²) >= 11 is 0. The molecule has 8 heteroatoms. The average Bonchev–Trinajstić information content (AvgIpc) is 2.49. The zero-order chi connectivity index (χ0) is 16.2. The van der Waals surface area contributed by atoms with Crippen molar-refractivity contribution < 1.29 is 17.5 Å². The second kappa shape index (κ2) is 6.69. The maximum absolute atomic E-state index is 13.5. The number of rotatable bonds is 6. The van der Waals surface area contributed by atoms with E-state index in [9.17, 15) is 12.8 Å². The Kier molecular flexibility index (Phi) is 4.92. The van der Waals surface area contributed by atoms with E-state index in [4.69, 9.17) is 4.74 Å². The van der Waals surface area contributed by atoms with Crippen molar-refractivity contribution >= 4 is 15.8 Å². The van der Waals surface area contributed by atoms with Gasteiger partial charge in [0.25, 0.3) is 0 Å². The Hall–Kier alpha value is -2.22. The van der Waals surface area contributed by atoms with Crippen molar-refractivity contribution in [2.45, 2.75) is 20.5 Å². The molecule has 22 heavy (non-hydrogen) atoms. The Labute approximate surface area is 128 Å². The molecule has 0 atom stereocenters. The van der Waals surface area contributed by atoms with Gasteiger partial charge >= 0.3 is 6.01 Å². The molecule has 1 heterocycles. The van der Waals surface area contributed by atoms with E-state index in [-0.39, 0.29) is 18.4 Å². The summed E-state index contributed by atoms with van der Waals surface area (Å²) in [7, 11) is -3.62. The summed E-state index contributed by atoms with van der Waals surface area (Å²) in [5, 5.41) is 0. The quantitative estimate of drug-likeness (QED) is 0.881. The largest absolute Gasteiger partial charge is 0.459 e. The molecule has 6 nitrogen and oxygen atoms in total. The van der Waals surface area contributed by atoms with Crippen LogP contribution in [0, 0.1) is 12.7 Å². The lowest BCUT2D eigenvalue weighted by molar-refractivity contribution is 0.280. The minimum absolute atomic E-state index is 0.101. The van der Waals surface area contributed by atoms with Crippen molar-refractivity contribution in [1.82, 2.24) is 9.97 Å². The van der Waals surface area contributed by atoms with E-state index in [1.165, 1.54) is 6.92 Å². The lowest BCUT2D eigenvalue weighted by atomic mass is 10.2. The molecular weight excluding hydrogens is 309 g/mol. The summed E-state index contributed by atoms with van der Waals surface area (Å²) < 4.78 is 43.9. The maximum Gasteiger partial charge on any atom is 0.318 e. The van der Waals surface area contributed by atoms with E-state index in [0.29, 0.717) is 0 Å². The number of aryl methyl sites for hydroxylation is 1. The third-order valence-corrected chi connectivity index (χ3v) is 4.11. The van der Waals surface area contributed by atoms with Gasteiger partial charge in [0.05, 0.1) is 11.9 Å². The molecule has 0 fully saturated rings. The molecule has 1 aromatic heterocycles. The van der Waals surface area contributed by atoms with Gasteiger partial charge in [-0.2, -0.15) is 4.98 Å². The lowest BCUT2D eigenvalue weighted by Crippen LogP contribution is -2.17.